The van der Waals surface area contributed by atoms with Gasteiger partial charge in [-0.3, -0.25) is 0 Å². The molecule has 28 heavy (non-hydrogen) atoms. The molecule has 1 N–H and O–H groups in total. The van der Waals surface area contributed by atoms with Crippen LogP contribution in [0.5, 0.6) is 0 Å². The van der Waals surface area contributed by atoms with Crippen molar-refractivity contribution >= 4 is 11.1 Å². The third kappa shape index (κ3) is 4.99. The van der Waals surface area contributed by atoms with Gasteiger partial charge in [-0.1, -0.05) is 91.3 Å². The number of rotatable bonds is 8. The maximum absolute atomic E-state index is 3.23. The average molecular weight is 370 g/mol. The molecule has 3 rings (SSSR count). The third-order valence-corrected chi connectivity index (χ3v) is 5.25. The SMILES string of the molecule is CC/C(=C(\c1ccc(C)cc1)c1ccc(CCCNC)cc1)c1ccccc1. The molecule has 0 saturated heterocycles. The van der Waals surface area contributed by atoms with Gasteiger partial charge < -0.3 is 5.32 Å². The van der Waals surface area contributed by atoms with E-state index in [0.717, 1.165) is 19.4 Å². The van der Waals surface area contributed by atoms with Crippen LogP contribution in [-0.4, -0.2) is 13.6 Å². The molecule has 0 aliphatic carbocycles. The van der Waals surface area contributed by atoms with Crippen LogP contribution in [0.1, 0.15) is 47.6 Å². The van der Waals surface area contributed by atoms with E-state index >= 15 is 0 Å². The van der Waals surface area contributed by atoms with Crippen molar-refractivity contribution < 1.29 is 0 Å². The second-order valence-corrected chi connectivity index (χ2v) is 7.34. The minimum Gasteiger partial charge on any atom is -0.320 e. The summed E-state index contributed by atoms with van der Waals surface area (Å²) >= 11 is 0. The Balaban J connectivity index is 2.06. The van der Waals surface area contributed by atoms with Crippen LogP contribution >= 0.6 is 0 Å². The van der Waals surface area contributed by atoms with Crippen LogP contribution in [0.25, 0.3) is 11.1 Å². The van der Waals surface area contributed by atoms with Gasteiger partial charge in [-0.25, -0.2) is 0 Å². The highest BCUT2D eigenvalue weighted by atomic mass is 14.8. The Hall–Kier alpha value is -2.64. The Morgan fingerprint density at radius 3 is 1.93 bits per heavy atom. The molecule has 0 aliphatic rings. The smallest absolute Gasteiger partial charge is 0.00488 e. The van der Waals surface area contributed by atoms with Crippen LogP contribution in [0.15, 0.2) is 78.9 Å². The van der Waals surface area contributed by atoms with Gasteiger partial charge in [0.15, 0.2) is 0 Å². The number of benzene rings is 3. The first-order valence-corrected chi connectivity index (χ1v) is 10.3. The van der Waals surface area contributed by atoms with E-state index in [1.807, 2.05) is 7.05 Å². The standard InChI is InChI=1S/C27H31N/c1-4-26(23-10-6-5-7-11-23)27(24-16-12-21(2)13-17-24)25-18-14-22(15-19-25)9-8-20-28-3/h5-7,10-19,28H,4,8-9,20H2,1-3H3/b27-26-. The van der Waals surface area contributed by atoms with Crippen molar-refractivity contribution in [2.45, 2.75) is 33.1 Å². The number of hydrogen-bond donors (Lipinski definition) is 1. The maximum atomic E-state index is 3.23. The van der Waals surface area contributed by atoms with Crippen molar-refractivity contribution in [3.05, 3.63) is 107 Å². The van der Waals surface area contributed by atoms with Gasteiger partial charge in [0.05, 0.1) is 0 Å². The quantitative estimate of drug-likeness (QED) is 0.352. The van der Waals surface area contributed by atoms with E-state index in [-0.39, 0.29) is 0 Å². The van der Waals surface area contributed by atoms with Gasteiger partial charge >= 0.3 is 0 Å². The Bertz CT molecular complexity index is 887. The first-order chi connectivity index (χ1) is 13.7. The van der Waals surface area contributed by atoms with Crippen LogP contribution in [-0.2, 0) is 6.42 Å². The molecule has 1 heteroatoms. The maximum Gasteiger partial charge on any atom is -0.00488 e. The summed E-state index contributed by atoms with van der Waals surface area (Å²) in [5.41, 5.74) is 9.32. The molecule has 0 bridgehead atoms. The first kappa shape index (κ1) is 20.1. The molecular weight excluding hydrogens is 338 g/mol. The van der Waals surface area contributed by atoms with E-state index in [9.17, 15) is 0 Å². The van der Waals surface area contributed by atoms with Gasteiger partial charge in [0.2, 0.25) is 0 Å². The predicted molar refractivity (Wildman–Crippen MR) is 123 cm³/mol. The molecule has 3 aromatic rings. The predicted octanol–water partition coefficient (Wildman–Crippen LogP) is 6.52. The van der Waals surface area contributed by atoms with Gasteiger partial charge in [-0.2, -0.15) is 0 Å². The second-order valence-electron chi connectivity index (χ2n) is 7.34. The molecular formula is C27H31N. The Labute approximate surface area is 170 Å². The van der Waals surface area contributed by atoms with Crippen LogP contribution < -0.4 is 5.32 Å². The van der Waals surface area contributed by atoms with Crippen molar-refractivity contribution in [2.24, 2.45) is 0 Å². The van der Waals surface area contributed by atoms with Gasteiger partial charge in [-0.05, 0) is 73.2 Å². The fourth-order valence-corrected chi connectivity index (χ4v) is 3.71. The van der Waals surface area contributed by atoms with Crippen LogP contribution in [0, 0.1) is 6.92 Å². The van der Waals surface area contributed by atoms with Gasteiger partial charge in [0.1, 0.15) is 0 Å². The second kappa shape index (κ2) is 10.1. The average Bonchev–Trinajstić information content (AvgIpc) is 2.74. The summed E-state index contributed by atoms with van der Waals surface area (Å²) in [6.45, 7) is 5.46. The van der Waals surface area contributed by atoms with Crippen molar-refractivity contribution in [1.29, 1.82) is 0 Å². The van der Waals surface area contributed by atoms with Crippen molar-refractivity contribution in [3.63, 3.8) is 0 Å². The Kier molecular flexibility index (Phi) is 7.22. The minimum absolute atomic E-state index is 0.997. The molecule has 144 valence electrons. The lowest BCUT2D eigenvalue weighted by Gasteiger charge is -2.17. The zero-order valence-corrected chi connectivity index (χ0v) is 17.3. The molecule has 0 atom stereocenters. The monoisotopic (exact) mass is 369 g/mol. The summed E-state index contributed by atoms with van der Waals surface area (Å²) in [6, 6.07) is 28.9. The van der Waals surface area contributed by atoms with E-state index < -0.39 is 0 Å². The summed E-state index contributed by atoms with van der Waals surface area (Å²) in [4.78, 5) is 0. The molecule has 0 aliphatic heterocycles. The fourth-order valence-electron chi connectivity index (χ4n) is 3.71. The molecule has 0 heterocycles. The molecule has 0 amide bonds. The lowest BCUT2D eigenvalue weighted by Crippen LogP contribution is -2.08. The van der Waals surface area contributed by atoms with E-state index in [0.29, 0.717) is 0 Å². The third-order valence-electron chi connectivity index (χ3n) is 5.25. The fraction of sp³-hybridized carbons (Fsp3) is 0.259. The van der Waals surface area contributed by atoms with Crippen molar-refractivity contribution in [1.82, 2.24) is 5.32 Å². The van der Waals surface area contributed by atoms with Crippen LogP contribution in [0.2, 0.25) is 0 Å². The van der Waals surface area contributed by atoms with Gasteiger partial charge in [0, 0.05) is 0 Å². The molecule has 1 nitrogen and oxygen atoms in total. The molecule has 0 saturated carbocycles. The summed E-state index contributed by atoms with van der Waals surface area (Å²) in [5.74, 6) is 0. The highest BCUT2D eigenvalue weighted by Crippen LogP contribution is 2.34. The summed E-state index contributed by atoms with van der Waals surface area (Å²) < 4.78 is 0. The zero-order valence-electron chi connectivity index (χ0n) is 17.3. The van der Waals surface area contributed by atoms with Crippen LogP contribution in [0.4, 0.5) is 0 Å². The summed E-state index contributed by atoms with van der Waals surface area (Å²) in [7, 11) is 2.01. The van der Waals surface area contributed by atoms with Gasteiger partial charge in [0.25, 0.3) is 0 Å². The lowest BCUT2D eigenvalue weighted by molar-refractivity contribution is 0.725. The highest BCUT2D eigenvalue weighted by molar-refractivity contribution is 5.98. The molecule has 0 radical (unpaired) electrons. The minimum atomic E-state index is 0.997. The number of hydrogen-bond acceptors (Lipinski definition) is 1. The van der Waals surface area contributed by atoms with E-state index in [2.05, 4.69) is 98.0 Å². The molecule has 0 fully saturated rings. The number of aryl methyl sites for hydroxylation is 2. The van der Waals surface area contributed by atoms with E-state index in [1.54, 1.807) is 0 Å². The Morgan fingerprint density at radius 2 is 1.36 bits per heavy atom. The molecule has 0 spiro atoms. The summed E-state index contributed by atoms with van der Waals surface area (Å²) in [5, 5.41) is 3.23. The largest absolute Gasteiger partial charge is 0.320 e. The number of allylic oxidation sites excluding steroid dienone is 1. The molecule has 0 unspecified atom stereocenters. The first-order valence-electron chi connectivity index (χ1n) is 10.3. The van der Waals surface area contributed by atoms with Crippen molar-refractivity contribution in [3.8, 4) is 0 Å². The normalized spacial score (nSPS) is 12.0. The van der Waals surface area contributed by atoms with Crippen molar-refractivity contribution in [2.75, 3.05) is 13.6 Å². The molecule has 0 aromatic heterocycles. The lowest BCUT2D eigenvalue weighted by atomic mass is 9.87. The topological polar surface area (TPSA) is 12.0 Å². The zero-order chi connectivity index (χ0) is 19.8. The Morgan fingerprint density at radius 1 is 0.750 bits per heavy atom. The summed E-state index contributed by atoms with van der Waals surface area (Å²) in [6.07, 6.45) is 3.28. The van der Waals surface area contributed by atoms with Gasteiger partial charge in [-0.15, -0.1) is 0 Å². The van der Waals surface area contributed by atoms with Crippen LogP contribution in [0.3, 0.4) is 0 Å². The number of nitrogens with one attached hydrogen (secondary N) is 1. The highest BCUT2D eigenvalue weighted by Gasteiger charge is 2.13. The molecule has 3 aromatic carbocycles. The van der Waals surface area contributed by atoms with E-state index in [4.69, 9.17) is 0 Å². The van der Waals surface area contributed by atoms with E-state index in [1.165, 1.54) is 45.4 Å².